The lowest BCUT2D eigenvalue weighted by Crippen LogP contribution is -2.18. The fraction of sp³-hybridized carbons (Fsp3) is 0.125. The molecule has 4 N–H and O–H groups in total. The van der Waals surface area contributed by atoms with Crippen LogP contribution in [-0.2, 0) is 4.79 Å². The van der Waals surface area contributed by atoms with Gasteiger partial charge in [-0.2, -0.15) is 0 Å². The van der Waals surface area contributed by atoms with Gasteiger partial charge in [0.15, 0.2) is 0 Å². The summed E-state index contributed by atoms with van der Waals surface area (Å²) >= 11 is 0. The average Bonchev–Trinajstić information content (AvgIpc) is 3.26. The van der Waals surface area contributed by atoms with Crippen molar-refractivity contribution in [2.45, 2.75) is 0 Å². The second kappa shape index (κ2) is 9.92. The third kappa shape index (κ3) is 5.16. The molecule has 0 atom stereocenters. The number of fused-ring (bicyclic) bond motifs is 1. The topological polar surface area (TPSA) is 104 Å². The molecule has 0 aliphatic carbocycles. The number of ether oxygens (including phenoxy) is 1. The number of rotatable bonds is 9. The van der Waals surface area contributed by atoms with E-state index in [0.29, 0.717) is 51.8 Å². The van der Waals surface area contributed by atoms with E-state index in [9.17, 15) is 9.18 Å². The average molecular weight is 446 g/mol. The van der Waals surface area contributed by atoms with Gasteiger partial charge in [-0.3, -0.25) is 4.79 Å². The predicted octanol–water partition coefficient (Wildman–Crippen LogP) is 4.31. The maximum Gasteiger partial charge on any atom is 0.247 e. The Balaban J connectivity index is 1.59. The Morgan fingerprint density at radius 2 is 2.06 bits per heavy atom. The van der Waals surface area contributed by atoms with Crippen LogP contribution >= 0.6 is 0 Å². The zero-order chi connectivity index (χ0) is 23.2. The Morgan fingerprint density at radius 3 is 2.85 bits per heavy atom. The Morgan fingerprint density at radius 1 is 1.18 bits per heavy atom. The molecule has 0 unspecified atom stereocenters. The van der Waals surface area contributed by atoms with Crippen LogP contribution in [-0.4, -0.2) is 41.0 Å². The van der Waals surface area contributed by atoms with E-state index in [1.54, 1.807) is 30.3 Å². The number of carbonyl (C=O) groups excluding carboxylic acids is 1. The lowest BCUT2D eigenvalue weighted by Gasteiger charge is -2.08. The summed E-state index contributed by atoms with van der Waals surface area (Å²) in [5.74, 6) is 0.161. The number of nitrogens with zero attached hydrogens (tertiary/aromatic N) is 2. The van der Waals surface area contributed by atoms with Gasteiger partial charge in [-0.25, -0.2) is 14.4 Å². The molecule has 0 saturated carbocycles. The molecular formula is C24H23FN6O2. The molecule has 2 aromatic heterocycles. The van der Waals surface area contributed by atoms with Crippen molar-refractivity contribution in [3.05, 3.63) is 73.3 Å². The number of amides is 1. The monoisotopic (exact) mass is 446 g/mol. The van der Waals surface area contributed by atoms with E-state index in [2.05, 4.69) is 37.5 Å². The molecule has 2 aromatic carbocycles. The van der Waals surface area contributed by atoms with Crippen molar-refractivity contribution in [3.8, 4) is 22.9 Å². The Kier molecular flexibility index (Phi) is 6.61. The quantitative estimate of drug-likeness (QED) is 0.226. The molecule has 0 bridgehead atoms. The van der Waals surface area contributed by atoms with E-state index in [4.69, 9.17) is 4.74 Å². The third-order valence-electron chi connectivity index (χ3n) is 4.86. The molecule has 4 aromatic rings. The number of anilines is 2. The van der Waals surface area contributed by atoms with Crippen molar-refractivity contribution in [1.82, 2.24) is 20.3 Å². The minimum absolute atomic E-state index is 0.317. The summed E-state index contributed by atoms with van der Waals surface area (Å²) in [7, 11) is 1.84. The first kappa shape index (κ1) is 22.0. The summed E-state index contributed by atoms with van der Waals surface area (Å²) < 4.78 is 20.5. The highest BCUT2D eigenvalue weighted by molar-refractivity contribution is 5.99. The summed E-state index contributed by atoms with van der Waals surface area (Å²) in [6.45, 7) is 4.79. The number of hydrogen-bond donors (Lipinski definition) is 4. The lowest BCUT2D eigenvalue weighted by molar-refractivity contribution is -0.111. The van der Waals surface area contributed by atoms with Crippen LogP contribution in [0.4, 0.5) is 15.8 Å². The van der Waals surface area contributed by atoms with Crippen LogP contribution in [0.25, 0.3) is 22.3 Å². The predicted molar refractivity (Wildman–Crippen MR) is 127 cm³/mol. The van der Waals surface area contributed by atoms with Gasteiger partial charge in [-0.05, 0) is 43.5 Å². The molecule has 0 saturated heterocycles. The van der Waals surface area contributed by atoms with Gasteiger partial charge in [0.2, 0.25) is 11.8 Å². The Labute approximate surface area is 189 Å². The highest BCUT2D eigenvalue weighted by atomic mass is 19.1. The van der Waals surface area contributed by atoms with Crippen molar-refractivity contribution in [3.63, 3.8) is 0 Å². The van der Waals surface area contributed by atoms with E-state index in [-0.39, 0.29) is 11.7 Å². The first-order chi connectivity index (χ1) is 16.1. The van der Waals surface area contributed by atoms with Crippen molar-refractivity contribution in [1.29, 1.82) is 0 Å². The fourth-order valence-corrected chi connectivity index (χ4v) is 3.24. The number of likely N-dealkylation sites (N-methyl/N-ethyl adjacent to an activating group) is 1. The number of aromatic nitrogens is 3. The van der Waals surface area contributed by atoms with E-state index in [1.807, 2.05) is 19.2 Å². The molecule has 33 heavy (non-hydrogen) atoms. The van der Waals surface area contributed by atoms with E-state index in [1.165, 1.54) is 18.5 Å². The van der Waals surface area contributed by atoms with Gasteiger partial charge in [0.05, 0.1) is 11.1 Å². The summed E-state index contributed by atoms with van der Waals surface area (Å²) in [6, 6.07) is 13.7. The van der Waals surface area contributed by atoms with Crippen LogP contribution < -0.4 is 20.7 Å². The first-order valence-corrected chi connectivity index (χ1v) is 10.3. The molecule has 9 heteroatoms. The normalized spacial score (nSPS) is 10.7. The van der Waals surface area contributed by atoms with Crippen LogP contribution in [0.5, 0.6) is 11.6 Å². The standard InChI is InChI=1S/C24H23FN6O2/c1-3-22(32)30-16-5-4-6-17(12-16)33-24-18-13-21(31-23(18)28-14-29-24)15-7-8-20(19(25)11-15)27-10-9-26-2/h3-8,11-14,26-27H,1,9-10H2,2H3,(H,30,32)(H,28,29,31). The smallest absolute Gasteiger partial charge is 0.247 e. The third-order valence-corrected chi connectivity index (χ3v) is 4.86. The molecule has 0 aliphatic heterocycles. The number of benzene rings is 2. The van der Waals surface area contributed by atoms with Gasteiger partial charge in [0.1, 0.15) is 23.5 Å². The van der Waals surface area contributed by atoms with Crippen molar-refractivity contribution in [2.75, 3.05) is 30.8 Å². The number of aromatic amines is 1. The SMILES string of the molecule is C=CC(=O)Nc1cccc(Oc2ncnc3[nH]c(-c4ccc(NCCNC)c(F)c4)cc23)c1. The lowest BCUT2D eigenvalue weighted by atomic mass is 10.1. The number of hydrogen-bond acceptors (Lipinski definition) is 6. The van der Waals surface area contributed by atoms with Crippen molar-refractivity contribution in [2.24, 2.45) is 0 Å². The minimum atomic E-state index is -0.344. The number of carbonyl (C=O) groups is 1. The molecule has 4 rings (SSSR count). The number of nitrogens with one attached hydrogen (secondary N) is 4. The van der Waals surface area contributed by atoms with Crippen LogP contribution in [0, 0.1) is 5.82 Å². The van der Waals surface area contributed by atoms with E-state index < -0.39 is 0 Å². The van der Waals surface area contributed by atoms with Crippen molar-refractivity contribution < 1.29 is 13.9 Å². The zero-order valence-electron chi connectivity index (χ0n) is 18.0. The number of H-pyrrole nitrogens is 1. The largest absolute Gasteiger partial charge is 0.438 e. The second-order valence-corrected chi connectivity index (χ2v) is 7.17. The highest BCUT2D eigenvalue weighted by Gasteiger charge is 2.13. The van der Waals surface area contributed by atoms with Gasteiger partial charge in [0.25, 0.3) is 0 Å². The fourth-order valence-electron chi connectivity index (χ4n) is 3.24. The molecule has 0 aliphatic rings. The minimum Gasteiger partial charge on any atom is -0.438 e. The molecule has 0 fully saturated rings. The maximum atomic E-state index is 14.6. The van der Waals surface area contributed by atoms with Gasteiger partial charge < -0.3 is 25.7 Å². The van der Waals surface area contributed by atoms with Crippen LogP contribution in [0.15, 0.2) is 67.5 Å². The molecule has 1 amide bonds. The maximum absolute atomic E-state index is 14.6. The molecular weight excluding hydrogens is 423 g/mol. The van der Waals surface area contributed by atoms with E-state index >= 15 is 0 Å². The second-order valence-electron chi connectivity index (χ2n) is 7.17. The molecule has 2 heterocycles. The summed E-state index contributed by atoms with van der Waals surface area (Å²) in [5, 5.41) is 9.39. The summed E-state index contributed by atoms with van der Waals surface area (Å²) in [4.78, 5) is 23.2. The zero-order valence-corrected chi connectivity index (χ0v) is 18.0. The van der Waals surface area contributed by atoms with Gasteiger partial charge in [0, 0.05) is 36.1 Å². The van der Waals surface area contributed by atoms with Crippen LogP contribution in [0.3, 0.4) is 0 Å². The Hall–Kier alpha value is -4.24. The Bertz CT molecular complexity index is 1300. The molecule has 168 valence electrons. The molecule has 8 nitrogen and oxygen atoms in total. The van der Waals surface area contributed by atoms with Crippen LogP contribution in [0.2, 0.25) is 0 Å². The molecule has 0 radical (unpaired) electrons. The van der Waals surface area contributed by atoms with Crippen molar-refractivity contribution >= 4 is 28.3 Å². The van der Waals surface area contributed by atoms with Gasteiger partial charge in [-0.15, -0.1) is 0 Å². The van der Waals surface area contributed by atoms with E-state index in [0.717, 1.165) is 6.54 Å². The number of halogens is 1. The summed E-state index contributed by atoms with van der Waals surface area (Å²) in [5.41, 5.74) is 2.92. The molecule has 0 spiro atoms. The summed E-state index contributed by atoms with van der Waals surface area (Å²) in [6.07, 6.45) is 2.58. The first-order valence-electron chi connectivity index (χ1n) is 10.3. The van der Waals surface area contributed by atoms with Crippen LogP contribution in [0.1, 0.15) is 0 Å². The highest BCUT2D eigenvalue weighted by Crippen LogP contribution is 2.32. The van der Waals surface area contributed by atoms with Gasteiger partial charge >= 0.3 is 0 Å². The van der Waals surface area contributed by atoms with Gasteiger partial charge in [-0.1, -0.05) is 18.7 Å².